The van der Waals surface area contributed by atoms with E-state index < -0.39 is 0 Å². The van der Waals surface area contributed by atoms with Gasteiger partial charge in [-0.05, 0) is 58.9 Å². The van der Waals surface area contributed by atoms with E-state index in [2.05, 4.69) is 60.5 Å². The fourth-order valence-corrected chi connectivity index (χ4v) is 2.89. The van der Waals surface area contributed by atoms with Crippen molar-refractivity contribution in [3.05, 3.63) is 66.6 Å². The van der Waals surface area contributed by atoms with Crippen LogP contribution in [-0.4, -0.2) is 0 Å². The molecule has 0 nitrogen and oxygen atoms in total. The standard InChI is InChI=1S/C20H17/c1-2-3-4-5-14-20-18-12-8-6-10-16(18)15-17-11-7-9-13-19(17)20/h6-13,15H,3-5,14H2. The number of benzene rings is 3. The Kier molecular flexibility index (Phi) is 3.70. The van der Waals surface area contributed by atoms with Crippen molar-refractivity contribution in [3.8, 4) is 5.92 Å². The Labute approximate surface area is 120 Å². The first-order chi connectivity index (χ1) is 9.90. The van der Waals surface area contributed by atoms with E-state index in [1.807, 2.05) is 0 Å². The molecule has 0 aliphatic heterocycles. The highest BCUT2D eigenvalue weighted by Crippen LogP contribution is 2.29. The van der Waals surface area contributed by atoms with Crippen LogP contribution < -0.4 is 0 Å². The van der Waals surface area contributed by atoms with Gasteiger partial charge in [-0.15, -0.1) is 0 Å². The van der Waals surface area contributed by atoms with Crippen LogP contribution in [0.2, 0.25) is 0 Å². The van der Waals surface area contributed by atoms with Gasteiger partial charge < -0.3 is 0 Å². The van der Waals surface area contributed by atoms with E-state index >= 15 is 0 Å². The largest absolute Gasteiger partial charge is 0.0891 e. The van der Waals surface area contributed by atoms with Gasteiger partial charge in [0.05, 0.1) is 0 Å². The molecule has 3 aromatic rings. The number of fused-ring (bicyclic) bond motifs is 2. The summed E-state index contributed by atoms with van der Waals surface area (Å²) < 4.78 is 0. The van der Waals surface area contributed by atoms with Crippen LogP contribution in [0, 0.1) is 12.3 Å². The van der Waals surface area contributed by atoms with Crippen molar-refractivity contribution < 1.29 is 0 Å². The van der Waals surface area contributed by atoms with Gasteiger partial charge in [-0.2, -0.15) is 0 Å². The molecule has 0 N–H and O–H groups in total. The topological polar surface area (TPSA) is 0 Å². The Balaban J connectivity index is 2.10. The first kappa shape index (κ1) is 12.8. The van der Waals surface area contributed by atoms with Crippen LogP contribution in [0.1, 0.15) is 24.8 Å². The number of aryl methyl sites for hydroxylation is 1. The summed E-state index contributed by atoms with van der Waals surface area (Å²) in [5.41, 5.74) is 1.45. The molecular weight excluding hydrogens is 240 g/mol. The molecule has 0 saturated heterocycles. The first-order valence-electron chi connectivity index (χ1n) is 7.19. The minimum atomic E-state index is 0.767. The predicted molar refractivity (Wildman–Crippen MR) is 86.1 cm³/mol. The summed E-state index contributed by atoms with van der Waals surface area (Å²) in [5.74, 6) is 2.48. The molecule has 0 unspecified atom stereocenters. The maximum Gasteiger partial charge on any atom is 0.00990 e. The van der Waals surface area contributed by atoms with Crippen LogP contribution in [-0.2, 0) is 6.42 Å². The van der Waals surface area contributed by atoms with Crippen LogP contribution in [0.5, 0.6) is 0 Å². The molecule has 20 heavy (non-hydrogen) atoms. The number of rotatable bonds is 4. The van der Waals surface area contributed by atoms with Gasteiger partial charge in [0.25, 0.3) is 0 Å². The van der Waals surface area contributed by atoms with Crippen LogP contribution in [0.4, 0.5) is 0 Å². The Morgan fingerprint density at radius 1 is 0.800 bits per heavy atom. The van der Waals surface area contributed by atoms with Crippen molar-refractivity contribution in [1.29, 1.82) is 0 Å². The van der Waals surface area contributed by atoms with Crippen LogP contribution in [0.25, 0.3) is 21.5 Å². The predicted octanol–water partition coefficient (Wildman–Crippen LogP) is 5.30. The SMILES string of the molecule is [C]#CCCCCc1c2ccccc2cc2ccccc12. The summed E-state index contributed by atoms with van der Waals surface area (Å²) in [6, 6.07) is 19.5. The van der Waals surface area contributed by atoms with Gasteiger partial charge in [0, 0.05) is 6.42 Å². The molecular formula is C20H17. The smallest absolute Gasteiger partial charge is 0.00990 e. The van der Waals surface area contributed by atoms with Gasteiger partial charge >= 0.3 is 0 Å². The van der Waals surface area contributed by atoms with Crippen molar-refractivity contribution in [3.63, 3.8) is 0 Å². The van der Waals surface area contributed by atoms with Crippen LogP contribution in [0.15, 0.2) is 54.6 Å². The third-order valence-corrected chi connectivity index (χ3v) is 3.86. The average molecular weight is 257 g/mol. The quantitative estimate of drug-likeness (QED) is 0.338. The van der Waals surface area contributed by atoms with Crippen molar-refractivity contribution in [1.82, 2.24) is 0 Å². The molecule has 0 fully saturated rings. The fraction of sp³-hybridized carbons (Fsp3) is 0.200. The van der Waals surface area contributed by atoms with Crippen molar-refractivity contribution in [2.24, 2.45) is 0 Å². The molecule has 0 saturated carbocycles. The Hall–Kier alpha value is -2.26. The highest BCUT2D eigenvalue weighted by molar-refractivity contribution is 6.02. The minimum Gasteiger partial charge on any atom is -0.0891 e. The minimum absolute atomic E-state index is 0.767. The average Bonchev–Trinajstić information content (AvgIpc) is 2.50. The van der Waals surface area contributed by atoms with E-state index in [9.17, 15) is 0 Å². The van der Waals surface area contributed by atoms with Gasteiger partial charge in [-0.25, -0.2) is 0 Å². The lowest BCUT2D eigenvalue weighted by molar-refractivity contribution is 0.762. The normalized spacial score (nSPS) is 10.8. The van der Waals surface area contributed by atoms with Crippen LogP contribution in [0.3, 0.4) is 0 Å². The third-order valence-electron chi connectivity index (χ3n) is 3.86. The van der Waals surface area contributed by atoms with E-state index in [-0.39, 0.29) is 0 Å². The van der Waals surface area contributed by atoms with Crippen molar-refractivity contribution in [2.75, 3.05) is 0 Å². The molecule has 1 radical (unpaired) electrons. The Morgan fingerprint density at radius 3 is 2.00 bits per heavy atom. The molecule has 0 atom stereocenters. The molecule has 3 aromatic carbocycles. The maximum atomic E-state index is 7.00. The Bertz CT molecular complexity index is 721. The molecule has 0 bridgehead atoms. The summed E-state index contributed by atoms with van der Waals surface area (Å²) in [7, 11) is 0. The molecule has 0 aromatic heterocycles. The Morgan fingerprint density at radius 2 is 1.40 bits per heavy atom. The zero-order valence-corrected chi connectivity index (χ0v) is 11.5. The molecule has 0 heterocycles. The summed E-state index contributed by atoms with van der Waals surface area (Å²) in [6.45, 7) is 0. The fourth-order valence-electron chi connectivity index (χ4n) is 2.89. The lowest BCUT2D eigenvalue weighted by Gasteiger charge is -2.11. The number of hydrogen-bond donors (Lipinski definition) is 0. The summed E-state index contributed by atoms with van der Waals surface area (Å²) in [6.07, 6.45) is 11.0. The first-order valence-corrected chi connectivity index (χ1v) is 7.19. The van der Waals surface area contributed by atoms with E-state index in [1.54, 1.807) is 0 Å². The van der Waals surface area contributed by atoms with Crippen molar-refractivity contribution in [2.45, 2.75) is 25.7 Å². The zero-order valence-electron chi connectivity index (χ0n) is 11.5. The van der Waals surface area contributed by atoms with E-state index in [4.69, 9.17) is 6.42 Å². The molecule has 0 aliphatic rings. The van der Waals surface area contributed by atoms with Gasteiger partial charge in [0.1, 0.15) is 0 Å². The summed E-state index contributed by atoms with van der Waals surface area (Å²) >= 11 is 0. The van der Waals surface area contributed by atoms with Crippen molar-refractivity contribution >= 4 is 21.5 Å². The lowest BCUT2D eigenvalue weighted by Crippen LogP contribution is -1.91. The summed E-state index contributed by atoms with van der Waals surface area (Å²) in [5, 5.41) is 5.37. The van der Waals surface area contributed by atoms with E-state index in [0.717, 1.165) is 25.7 Å². The lowest BCUT2D eigenvalue weighted by atomic mass is 9.93. The third kappa shape index (κ3) is 2.40. The molecule has 3 rings (SSSR count). The van der Waals surface area contributed by atoms with Gasteiger partial charge in [0.2, 0.25) is 0 Å². The van der Waals surface area contributed by atoms with Crippen LogP contribution >= 0.6 is 0 Å². The monoisotopic (exact) mass is 257 g/mol. The zero-order chi connectivity index (χ0) is 13.8. The second-order valence-corrected chi connectivity index (χ2v) is 5.18. The highest BCUT2D eigenvalue weighted by Gasteiger charge is 2.06. The van der Waals surface area contributed by atoms with Gasteiger partial charge in [0.15, 0.2) is 0 Å². The molecule has 0 amide bonds. The molecule has 0 spiro atoms. The highest BCUT2D eigenvalue weighted by atomic mass is 14.1. The molecule has 97 valence electrons. The van der Waals surface area contributed by atoms with E-state index in [0.29, 0.717) is 0 Å². The van der Waals surface area contributed by atoms with E-state index in [1.165, 1.54) is 27.1 Å². The molecule has 0 aliphatic carbocycles. The number of hydrogen-bond acceptors (Lipinski definition) is 0. The second kappa shape index (κ2) is 5.80. The summed E-state index contributed by atoms with van der Waals surface area (Å²) in [4.78, 5) is 0. The van der Waals surface area contributed by atoms with Gasteiger partial charge in [-0.1, -0.05) is 54.5 Å². The number of unbranched alkanes of at least 4 members (excludes halogenated alkanes) is 2. The molecule has 0 heteroatoms. The second-order valence-electron chi connectivity index (χ2n) is 5.18. The van der Waals surface area contributed by atoms with Gasteiger partial charge in [-0.3, -0.25) is 0 Å². The maximum absolute atomic E-state index is 7.00.